The first-order valence-electron chi connectivity index (χ1n) is 4.38. The number of hydrogen-bond donors (Lipinski definition) is 2. The molecule has 1 aromatic rings. The smallest absolute Gasteiger partial charge is 0.227 e. The van der Waals surface area contributed by atoms with Gasteiger partial charge in [0.2, 0.25) is 11.9 Å². The quantitative estimate of drug-likeness (QED) is 0.727. The Balaban J connectivity index is 2.96. The molecule has 72 valence electrons. The SMILES string of the molecule is CCNc1nc(N)nc(C(C)C)n1. The molecule has 0 unspecified atom stereocenters. The van der Waals surface area contributed by atoms with Crippen molar-refractivity contribution in [1.82, 2.24) is 15.0 Å². The molecule has 0 fully saturated rings. The van der Waals surface area contributed by atoms with E-state index in [-0.39, 0.29) is 11.9 Å². The van der Waals surface area contributed by atoms with Gasteiger partial charge in [-0.05, 0) is 6.92 Å². The summed E-state index contributed by atoms with van der Waals surface area (Å²) in [4.78, 5) is 12.2. The van der Waals surface area contributed by atoms with Gasteiger partial charge in [-0.15, -0.1) is 0 Å². The number of nitrogen functional groups attached to an aromatic ring is 1. The summed E-state index contributed by atoms with van der Waals surface area (Å²) in [6.45, 7) is 6.80. The molecule has 0 bridgehead atoms. The Labute approximate surface area is 77.8 Å². The molecule has 0 aliphatic carbocycles. The summed E-state index contributed by atoms with van der Waals surface area (Å²) in [5.74, 6) is 1.82. The maximum atomic E-state index is 5.53. The van der Waals surface area contributed by atoms with Crippen LogP contribution in [0.5, 0.6) is 0 Å². The van der Waals surface area contributed by atoms with Crippen LogP contribution in [0.4, 0.5) is 11.9 Å². The molecule has 0 amide bonds. The van der Waals surface area contributed by atoms with Gasteiger partial charge in [0.05, 0.1) is 0 Å². The van der Waals surface area contributed by atoms with Crippen LogP contribution in [0.3, 0.4) is 0 Å². The third kappa shape index (κ3) is 2.54. The Kier molecular flexibility index (Phi) is 3.00. The highest BCUT2D eigenvalue weighted by atomic mass is 15.2. The molecule has 5 heteroatoms. The van der Waals surface area contributed by atoms with Crippen LogP contribution in [0, 0.1) is 0 Å². The van der Waals surface area contributed by atoms with Crippen molar-refractivity contribution in [3.8, 4) is 0 Å². The van der Waals surface area contributed by atoms with E-state index in [1.165, 1.54) is 0 Å². The Hall–Kier alpha value is -1.39. The molecular formula is C8H15N5. The number of nitrogens with two attached hydrogens (primary N) is 1. The van der Waals surface area contributed by atoms with Gasteiger partial charge in [0.1, 0.15) is 5.82 Å². The zero-order valence-electron chi connectivity index (χ0n) is 8.20. The zero-order chi connectivity index (χ0) is 9.84. The summed E-state index contributed by atoms with van der Waals surface area (Å²) in [5, 5.41) is 3.00. The number of rotatable bonds is 3. The van der Waals surface area contributed by atoms with Gasteiger partial charge in [-0.1, -0.05) is 13.8 Å². The fourth-order valence-corrected chi connectivity index (χ4v) is 0.905. The Morgan fingerprint density at radius 3 is 2.54 bits per heavy atom. The van der Waals surface area contributed by atoms with Crippen molar-refractivity contribution < 1.29 is 0 Å². The molecular weight excluding hydrogens is 166 g/mol. The number of nitrogens with zero attached hydrogens (tertiary/aromatic N) is 3. The first kappa shape index (κ1) is 9.70. The van der Waals surface area contributed by atoms with E-state index in [2.05, 4.69) is 20.3 Å². The van der Waals surface area contributed by atoms with Crippen molar-refractivity contribution in [2.75, 3.05) is 17.6 Å². The Morgan fingerprint density at radius 1 is 1.31 bits per heavy atom. The number of nitrogens with one attached hydrogen (secondary N) is 1. The maximum absolute atomic E-state index is 5.53. The van der Waals surface area contributed by atoms with Crippen LogP contribution in [-0.2, 0) is 0 Å². The fourth-order valence-electron chi connectivity index (χ4n) is 0.905. The Bertz CT molecular complexity index is 284. The molecule has 0 saturated heterocycles. The summed E-state index contributed by atoms with van der Waals surface area (Å²) >= 11 is 0. The minimum atomic E-state index is 0.266. The van der Waals surface area contributed by atoms with Crippen LogP contribution < -0.4 is 11.1 Å². The van der Waals surface area contributed by atoms with Crippen LogP contribution >= 0.6 is 0 Å². The van der Waals surface area contributed by atoms with Crippen LogP contribution in [0.2, 0.25) is 0 Å². The number of hydrogen-bond acceptors (Lipinski definition) is 5. The largest absolute Gasteiger partial charge is 0.368 e. The van der Waals surface area contributed by atoms with E-state index in [1.54, 1.807) is 0 Å². The molecule has 0 radical (unpaired) electrons. The second-order valence-electron chi connectivity index (χ2n) is 3.06. The first-order valence-corrected chi connectivity index (χ1v) is 4.38. The second-order valence-corrected chi connectivity index (χ2v) is 3.06. The maximum Gasteiger partial charge on any atom is 0.227 e. The van der Waals surface area contributed by atoms with E-state index in [4.69, 9.17) is 5.73 Å². The van der Waals surface area contributed by atoms with E-state index < -0.39 is 0 Å². The van der Waals surface area contributed by atoms with Crippen molar-refractivity contribution in [3.05, 3.63) is 5.82 Å². The summed E-state index contributed by atoms with van der Waals surface area (Å²) in [6.07, 6.45) is 0. The van der Waals surface area contributed by atoms with E-state index in [0.717, 1.165) is 12.4 Å². The molecule has 1 rings (SSSR count). The lowest BCUT2D eigenvalue weighted by Crippen LogP contribution is -2.10. The van der Waals surface area contributed by atoms with Crippen LogP contribution in [0.15, 0.2) is 0 Å². The minimum absolute atomic E-state index is 0.266. The molecule has 5 nitrogen and oxygen atoms in total. The molecule has 0 atom stereocenters. The van der Waals surface area contributed by atoms with Crippen molar-refractivity contribution >= 4 is 11.9 Å². The molecule has 3 N–H and O–H groups in total. The normalized spacial score (nSPS) is 10.5. The fraction of sp³-hybridized carbons (Fsp3) is 0.625. The van der Waals surface area contributed by atoms with E-state index >= 15 is 0 Å². The predicted octanol–water partition coefficient (Wildman–Crippen LogP) is 1.01. The lowest BCUT2D eigenvalue weighted by atomic mass is 10.2. The highest BCUT2D eigenvalue weighted by Crippen LogP contribution is 2.11. The van der Waals surface area contributed by atoms with E-state index in [9.17, 15) is 0 Å². The van der Waals surface area contributed by atoms with Gasteiger partial charge in [-0.2, -0.15) is 15.0 Å². The summed E-state index contributed by atoms with van der Waals surface area (Å²) in [7, 11) is 0. The standard InChI is InChI=1S/C8H15N5/c1-4-10-8-12-6(5(2)3)11-7(9)13-8/h5H,4H2,1-3H3,(H3,9,10,11,12,13). The van der Waals surface area contributed by atoms with Crippen LogP contribution in [0.1, 0.15) is 32.5 Å². The van der Waals surface area contributed by atoms with E-state index in [0.29, 0.717) is 5.95 Å². The predicted molar refractivity (Wildman–Crippen MR) is 52.5 cm³/mol. The van der Waals surface area contributed by atoms with Gasteiger partial charge in [-0.3, -0.25) is 0 Å². The average molecular weight is 181 g/mol. The van der Waals surface area contributed by atoms with Gasteiger partial charge in [0.25, 0.3) is 0 Å². The highest BCUT2D eigenvalue weighted by molar-refractivity contribution is 5.31. The third-order valence-corrected chi connectivity index (χ3v) is 1.52. The van der Waals surface area contributed by atoms with Crippen molar-refractivity contribution in [2.45, 2.75) is 26.7 Å². The Morgan fingerprint density at radius 2 is 2.00 bits per heavy atom. The molecule has 1 heterocycles. The van der Waals surface area contributed by atoms with Gasteiger partial charge >= 0.3 is 0 Å². The number of anilines is 2. The zero-order valence-corrected chi connectivity index (χ0v) is 8.20. The van der Waals surface area contributed by atoms with Crippen molar-refractivity contribution in [3.63, 3.8) is 0 Å². The van der Waals surface area contributed by atoms with Crippen molar-refractivity contribution in [1.29, 1.82) is 0 Å². The summed E-state index contributed by atoms with van der Waals surface area (Å²) in [6, 6.07) is 0. The monoisotopic (exact) mass is 181 g/mol. The van der Waals surface area contributed by atoms with E-state index in [1.807, 2.05) is 20.8 Å². The molecule has 0 aliphatic heterocycles. The van der Waals surface area contributed by atoms with Crippen LogP contribution in [0.25, 0.3) is 0 Å². The number of aromatic nitrogens is 3. The second kappa shape index (κ2) is 4.02. The first-order chi connectivity index (χ1) is 6.13. The van der Waals surface area contributed by atoms with Gasteiger partial charge < -0.3 is 11.1 Å². The molecule has 0 aliphatic rings. The summed E-state index contributed by atoms with van der Waals surface area (Å²) < 4.78 is 0. The summed E-state index contributed by atoms with van der Waals surface area (Å²) in [5.41, 5.74) is 5.53. The molecule has 0 saturated carbocycles. The lowest BCUT2D eigenvalue weighted by molar-refractivity contribution is 0.765. The molecule has 1 aromatic heterocycles. The minimum Gasteiger partial charge on any atom is -0.368 e. The molecule has 0 spiro atoms. The average Bonchev–Trinajstić information content (AvgIpc) is 2.03. The van der Waals surface area contributed by atoms with Crippen LogP contribution in [-0.4, -0.2) is 21.5 Å². The molecule has 0 aromatic carbocycles. The molecule has 13 heavy (non-hydrogen) atoms. The van der Waals surface area contributed by atoms with Gasteiger partial charge in [0.15, 0.2) is 0 Å². The lowest BCUT2D eigenvalue weighted by Gasteiger charge is -2.06. The third-order valence-electron chi connectivity index (χ3n) is 1.52. The van der Waals surface area contributed by atoms with Crippen molar-refractivity contribution in [2.24, 2.45) is 0 Å². The topological polar surface area (TPSA) is 76.7 Å². The van der Waals surface area contributed by atoms with Gasteiger partial charge in [0, 0.05) is 12.5 Å². The van der Waals surface area contributed by atoms with Gasteiger partial charge in [-0.25, -0.2) is 0 Å². The highest BCUT2D eigenvalue weighted by Gasteiger charge is 2.06.